The third kappa shape index (κ3) is 4.00. The minimum absolute atomic E-state index is 0.0236. The van der Waals surface area contributed by atoms with Crippen LogP contribution in [-0.4, -0.2) is 13.1 Å². The number of fused-ring (bicyclic) bond motifs is 1. The van der Waals surface area contributed by atoms with Gasteiger partial charge >= 0.3 is 5.97 Å². The molecule has 0 aliphatic rings. The fourth-order valence-corrected chi connectivity index (χ4v) is 3.68. The maximum absolute atomic E-state index is 13.6. The van der Waals surface area contributed by atoms with E-state index in [1.807, 2.05) is 24.3 Å². The largest absolute Gasteiger partial charge is 0.494 e. The maximum atomic E-state index is 13.6. The topological polar surface area (TPSA) is 35.5 Å². The number of hydrogen-bond donors (Lipinski definition) is 0. The molecule has 3 aromatic rings. The number of esters is 1. The minimum Gasteiger partial charge on any atom is -0.494 e. The lowest BCUT2D eigenvalue weighted by Gasteiger charge is -2.05. The molecule has 0 aliphatic carbocycles. The average Bonchev–Trinajstić information content (AvgIpc) is 2.94. The molecule has 0 radical (unpaired) electrons. The molecular formula is C19H14ClFO3S. The molecule has 1 heterocycles. The number of halogens is 2. The highest BCUT2D eigenvalue weighted by Crippen LogP contribution is 2.35. The molecule has 0 unspecified atom stereocenters. The van der Waals surface area contributed by atoms with E-state index in [2.05, 4.69) is 0 Å². The van der Waals surface area contributed by atoms with Crippen molar-refractivity contribution in [1.29, 1.82) is 0 Å². The van der Waals surface area contributed by atoms with Gasteiger partial charge in [0.05, 0.1) is 12.1 Å². The van der Waals surface area contributed by atoms with Gasteiger partial charge in [-0.05, 0) is 29.8 Å². The van der Waals surface area contributed by atoms with Crippen LogP contribution in [0.3, 0.4) is 0 Å². The van der Waals surface area contributed by atoms with E-state index in [1.165, 1.54) is 36.7 Å². The molecule has 0 fully saturated rings. The van der Waals surface area contributed by atoms with Gasteiger partial charge in [0.1, 0.15) is 6.61 Å². The Bertz CT molecular complexity index is 949. The zero-order valence-electron chi connectivity index (χ0n) is 13.3. The van der Waals surface area contributed by atoms with Gasteiger partial charge in [0.15, 0.2) is 11.6 Å². The Balaban J connectivity index is 1.64. The van der Waals surface area contributed by atoms with Crippen molar-refractivity contribution in [2.24, 2.45) is 0 Å². The predicted molar refractivity (Wildman–Crippen MR) is 98.6 cm³/mol. The Morgan fingerprint density at radius 1 is 1.28 bits per heavy atom. The van der Waals surface area contributed by atoms with Gasteiger partial charge < -0.3 is 9.47 Å². The maximum Gasteiger partial charge on any atom is 0.331 e. The van der Waals surface area contributed by atoms with E-state index in [0.29, 0.717) is 10.6 Å². The zero-order chi connectivity index (χ0) is 17.8. The Hall–Kier alpha value is -2.37. The van der Waals surface area contributed by atoms with Gasteiger partial charge in [0.25, 0.3) is 0 Å². The third-order valence-corrected chi connectivity index (χ3v) is 5.18. The number of carbonyl (C=O) groups is 1. The molecular weight excluding hydrogens is 363 g/mol. The first-order valence-electron chi connectivity index (χ1n) is 7.43. The Labute approximate surface area is 153 Å². The fourth-order valence-electron chi connectivity index (χ4n) is 2.29. The molecule has 25 heavy (non-hydrogen) atoms. The van der Waals surface area contributed by atoms with Crippen LogP contribution in [0.15, 0.2) is 48.5 Å². The van der Waals surface area contributed by atoms with Crippen LogP contribution in [0.1, 0.15) is 10.4 Å². The highest BCUT2D eigenvalue weighted by Gasteiger charge is 2.08. The Morgan fingerprint density at radius 2 is 2.08 bits per heavy atom. The summed E-state index contributed by atoms with van der Waals surface area (Å²) in [4.78, 5) is 12.6. The van der Waals surface area contributed by atoms with Gasteiger partial charge in [-0.3, -0.25) is 0 Å². The van der Waals surface area contributed by atoms with Crippen molar-refractivity contribution in [2.45, 2.75) is 6.61 Å². The van der Waals surface area contributed by atoms with Gasteiger partial charge in [0.2, 0.25) is 0 Å². The van der Waals surface area contributed by atoms with E-state index in [0.717, 1.165) is 15.0 Å². The van der Waals surface area contributed by atoms with Crippen LogP contribution >= 0.6 is 22.9 Å². The van der Waals surface area contributed by atoms with E-state index >= 15 is 0 Å². The quantitative estimate of drug-likeness (QED) is 0.438. The average molecular weight is 377 g/mol. The molecule has 0 atom stereocenters. The van der Waals surface area contributed by atoms with Crippen molar-refractivity contribution in [1.82, 2.24) is 0 Å². The second kappa shape index (κ2) is 7.68. The summed E-state index contributed by atoms with van der Waals surface area (Å²) < 4.78 is 24.6. The van der Waals surface area contributed by atoms with Crippen LogP contribution in [0.5, 0.6) is 5.75 Å². The number of rotatable bonds is 5. The lowest BCUT2D eigenvalue weighted by Crippen LogP contribution is -2.01. The predicted octanol–water partition coefficient (Wildman–Crippen LogP) is 5.46. The summed E-state index contributed by atoms with van der Waals surface area (Å²) in [6, 6.07) is 12.2. The van der Waals surface area contributed by atoms with E-state index in [1.54, 1.807) is 12.1 Å². The van der Waals surface area contributed by atoms with Crippen molar-refractivity contribution in [3.63, 3.8) is 0 Å². The van der Waals surface area contributed by atoms with Gasteiger partial charge in [-0.25, -0.2) is 9.18 Å². The summed E-state index contributed by atoms with van der Waals surface area (Å²) >= 11 is 7.81. The molecule has 0 amide bonds. The Morgan fingerprint density at radius 3 is 2.80 bits per heavy atom. The van der Waals surface area contributed by atoms with Crippen molar-refractivity contribution >= 4 is 45.1 Å². The molecule has 2 aromatic carbocycles. The number of hydrogen-bond acceptors (Lipinski definition) is 4. The number of carbonyl (C=O) groups excluding carboxylic acids is 1. The number of ether oxygens (including phenoxy) is 2. The minimum atomic E-state index is -0.523. The third-order valence-electron chi connectivity index (χ3n) is 3.53. The van der Waals surface area contributed by atoms with Crippen LogP contribution in [0, 0.1) is 5.82 Å². The Kier molecular flexibility index (Phi) is 5.36. The molecule has 1 aromatic heterocycles. The van der Waals surface area contributed by atoms with Crippen molar-refractivity contribution < 1.29 is 18.7 Å². The highest BCUT2D eigenvalue weighted by atomic mass is 35.5. The fraction of sp³-hybridized carbons (Fsp3) is 0.105. The van der Waals surface area contributed by atoms with E-state index < -0.39 is 11.8 Å². The SMILES string of the molecule is COc1ccc(COC(=O)/C=C/c2sc3ccccc3c2Cl)cc1F. The van der Waals surface area contributed by atoms with Crippen molar-refractivity contribution in [3.05, 3.63) is 69.8 Å². The summed E-state index contributed by atoms with van der Waals surface area (Å²) in [5.41, 5.74) is 0.542. The van der Waals surface area contributed by atoms with Crippen LogP contribution in [0.25, 0.3) is 16.2 Å². The first-order chi connectivity index (χ1) is 12.1. The van der Waals surface area contributed by atoms with Gasteiger partial charge in [-0.1, -0.05) is 35.9 Å². The lowest BCUT2D eigenvalue weighted by molar-refractivity contribution is -0.138. The van der Waals surface area contributed by atoms with Gasteiger partial charge in [-0.15, -0.1) is 11.3 Å². The van der Waals surface area contributed by atoms with Crippen molar-refractivity contribution in [3.8, 4) is 5.75 Å². The van der Waals surface area contributed by atoms with E-state index in [9.17, 15) is 9.18 Å². The molecule has 128 valence electrons. The second-order valence-corrected chi connectivity index (χ2v) is 6.65. The van der Waals surface area contributed by atoms with Crippen LogP contribution < -0.4 is 4.74 Å². The molecule has 0 spiro atoms. The summed E-state index contributed by atoms with van der Waals surface area (Å²) in [6.07, 6.45) is 2.94. The number of methoxy groups -OCH3 is 1. The molecule has 3 rings (SSSR count). The molecule has 0 N–H and O–H groups in total. The summed E-state index contributed by atoms with van der Waals surface area (Å²) in [7, 11) is 1.39. The number of benzene rings is 2. The summed E-state index contributed by atoms with van der Waals surface area (Å²) in [5.74, 6) is -0.872. The normalized spacial score (nSPS) is 11.2. The summed E-state index contributed by atoms with van der Waals surface area (Å²) in [6.45, 7) is -0.0236. The van der Waals surface area contributed by atoms with Crippen LogP contribution in [0.2, 0.25) is 5.02 Å². The second-order valence-electron chi connectivity index (χ2n) is 5.19. The summed E-state index contributed by atoms with van der Waals surface area (Å²) in [5, 5.41) is 1.57. The number of thiophene rings is 1. The molecule has 0 saturated carbocycles. The first kappa shape index (κ1) is 17.5. The van der Waals surface area contributed by atoms with E-state index in [-0.39, 0.29) is 12.4 Å². The van der Waals surface area contributed by atoms with E-state index in [4.69, 9.17) is 21.1 Å². The zero-order valence-corrected chi connectivity index (χ0v) is 14.9. The molecule has 0 bridgehead atoms. The monoisotopic (exact) mass is 376 g/mol. The molecule has 3 nitrogen and oxygen atoms in total. The van der Waals surface area contributed by atoms with Crippen LogP contribution in [-0.2, 0) is 16.1 Å². The standard InChI is InChI=1S/C19H14ClFO3S/c1-23-15-7-6-12(10-14(15)21)11-24-18(22)9-8-17-19(20)13-4-2-3-5-16(13)25-17/h2-10H,11H2,1H3/b9-8+. The molecule has 6 heteroatoms. The van der Waals surface area contributed by atoms with Gasteiger partial charge in [0, 0.05) is 21.0 Å². The highest BCUT2D eigenvalue weighted by molar-refractivity contribution is 7.20. The smallest absolute Gasteiger partial charge is 0.331 e. The van der Waals surface area contributed by atoms with Crippen molar-refractivity contribution in [2.75, 3.05) is 7.11 Å². The molecule has 0 saturated heterocycles. The van der Waals surface area contributed by atoms with Gasteiger partial charge in [-0.2, -0.15) is 0 Å². The van der Waals surface area contributed by atoms with Crippen LogP contribution in [0.4, 0.5) is 4.39 Å². The lowest BCUT2D eigenvalue weighted by atomic mass is 10.2. The first-order valence-corrected chi connectivity index (χ1v) is 8.62. The molecule has 0 aliphatic heterocycles.